The number of fused-ring (bicyclic) bond motifs is 1. The lowest BCUT2D eigenvalue weighted by atomic mass is 10.1. The number of carbonyl (C=O) groups excluding carboxylic acids is 1. The molecule has 26 heavy (non-hydrogen) atoms. The SMILES string of the molecule is C=C(C#N)C(=O)c1cc2c(F)cc(Br)cc2n1S(=O)c1ccc(C)cc1. The maximum Gasteiger partial charge on any atom is 0.220 e. The first-order chi connectivity index (χ1) is 12.3. The van der Waals surface area contributed by atoms with Crippen molar-refractivity contribution in [2.45, 2.75) is 11.8 Å². The second-order valence-electron chi connectivity index (χ2n) is 5.63. The van der Waals surface area contributed by atoms with Gasteiger partial charge >= 0.3 is 0 Å². The molecule has 0 saturated carbocycles. The number of rotatable bonds is 4. The quantitative estimate of drug-likeness (QED) is 0.342. The summed E-state index contributed by atoms with van der Waals surface area (Å²) in [4.78, 5) is 13.0. The summed E-state index contributed by atoms with van der Waals surface area (Å²) in [5.41, 5.74) is 0.910. The number of hydrogen-bond donors (Lipinski definition) is 0. The fourth-order valence-corrected chi connectivity index (χ4v) is 4.15. The number of carbonyl (C=O) groups is 1. The Morgan fingerprint density at radius 3 is 2.54 bits per heavy atom. The number of ketones is 1. The second kappa shape index (κ2) is 6.98. The van der Waals surface area contributed by atoms with Crippen LogP contribution in [0.5, 0.6) is 0 Å². The average molecular weight is 431 g/mol. The Bertz CT molecular complexity index is 1130. The molecule has 0 aliphatic heterocycles. The van der Waals surface area contributed by atoms with Crippen molar-refractivity contribution in [2.75, 3.05) is 0 Å². The molecule has 3 aromatic rings. The van der Waals surface area contributed by atoms with Gasteiger partial charge in [0, 0.05) is 9.86 Å². The highest BCUT2D eigenvalue weighted by Gasteiger charge is 2.24. The number of nitriles is 1. The van der Waals surface area contributed by atoms with Crippen molar-refractivity contribution in [2.24, 2.45) is 0 Å². The third-order valence-corrected chi connectivity index (χ3v) is 5.68. The van der Waals surface area contributed by atoms with Gasteiger partial charge in [-0.05, 0) is 37.3 Å². The van der Waals surface area contributed by atoms with Gasteiger partial charge in [0.05, 0.1) is 16.0 Å². The van der Waals surface area contributed by atoms with Crippen LogP contribution in [0.15, 0.2) is 64.0 Å². The molecule has 0 radical (unpaired) electrons. The number of allylic oxidation sites excluding steroid dienone is 1. The molecule has 1 heterocycles. The summed E-state index contributed by atoms with van der Waals surface area (Å²) >= 11 is 3.21. The standard InChI is InChI=1S/C19H12BrFN2O2S/c1-11-3-5-14(6-4-11)26(25)23-17-8-13(20)7-16(21)15(17)9-18(23)19(24)12(2)10-22/h3-9H,2H2,1H3. The van der Waals surface area contributed by atoms with Crippen molar-refractivity contribution < 1.29 is 13.4 Å². The van der Waals surface area contributed by atoms with Gasteiger partial charge in [-0.1, -0.05) is 40.2 Å². The summed E-state index contributed by atoms with van der Waals surface area (Å²) in [6, 6.07) is 12.8. The highest BCUT2D eigenvalue weighted by atomic mass is 79.9. The maximum absolute atomic E-state index is 14.4. The van der Waals surface area contributed by atoms with Crippen molar-refractivity contribution in [3.8, 4) is 6.07 Å². The third kappa shape index (κ3) is 3.14. The molecule has 1 unspecified atom stereocenters. The highest BCUT2D eigenvalue weighted by molar-refractivity contribution is 9.10. The Balaban J connectivity index is 2.32. The Morgan fingerprint density at radius 1 is 1.27 bits per heavy atom. The first kappa shape index (κ1) is 18.2. The summed E-state index contributed by atoms with van der Waals surface area (Å²) in [6.45, 7) is 5.32. The lowest BCUT2D eigenvalue weighted by Crippen LogP contribution is -2.14. The maximum atomic E-state index is 14.4. The van der Waals surface area contributed by atoms with E-state index in [-0.39, 0.29) is 22.2 Å². The van der Waals surface area contributed by atoms with Gasteiger partial charge in [0.25, 0.3) is 0 Å². The largest absolute Gasteiger partial charge is 0.286 e. The minimum absolute atomic E-state index is 0.0533. The topological polar surface area (TPSA) is 62.9 Å². The molecular weight excluding hydrogens is 419 g/mol. The van der Waals surface area contributed by atoms with Crippen LogP contribution in [0.2, 0.25) is 0 Å². The molecule has 0 N–H and O–H groups in total. The van der Waals surface area contributed by atoms with Crippen LogP contribution in [0.25, 0.3) is 10.9 Å². The van der Waals surface area contributed by atoms with Gasteiger partial charge < -0.3 is 0 Å². The first-order valence-corrected chi connectivity index (χ1v) is 9.36. The van der Waals surface area contributed by atoms with E-state index in [0.717, 1.165) is 5.56 Å². The van der Waals surface area contributed by atoms with Crippen LogP contribution in [0.1, 0.15) is 16.1 Å². The molecule has 0 aliphatic carbocycles. The molecule has 0 saturated heterocycles. The third-order valence-electron chi connectivity index (χ3n) is 3.82. The van der Waals surface area contributed by atoms with Crippen LogP contribution in [0, 0.1) is 24.1 Å². The lowest BCUT2D eigenvalue weighted by Gasteiger charge is -2.10. The van der Waals surface area contributed by atoms with Gasteiger partial charge in [-0.2, -0.15) is 5.26 Å². The second-order valence-corrected chi connectivity index (χ2v) is 7.88. The number of benzene rings is 2. The Labute approximate surface area is 160 Å². The van der Waals surface area contributed by atoms with Crippen molar-refractivity contribution in [1.29, 1.82) is 5.26 Å². The van der Waals surface area contributed by atoms with E-state index in [0.29, 0.717) is 9.37 Å². The summed E-state index contributed by atoms with van der Waals surface area (Å²) in [5.74, 6) is -1.26. The lowest BCUT2D eigenvalue weighted by molar-refractivity contribution is 0.103. The Morgan fingerprint density at radius 2 is 1.92 bits per heavy atom. The molecule has 0 amide bonds. The van der Waals surface area contributed by atoms with Crippen LogP contribution >= 0.6 is 15.9 Å². The van der Waals surface area contributed by atoms with Crippen molar-refractivity contribution >= 4 is 43.6 Å². The molecule has 1 aromatic heterocycles. The highest BCUT2D eigenvalue weighted by Crippen LogP contribution is 2.30. The molecule has 0 spiro atoms. The molecular formula is C19H12BrFN2O2S. The summed E-state index contributed by atoms with van der Waals surface area (Å²) < 4.78 is 29.2. The number of nitrogens with zero attached hydrogens (tertiary/aromatic N) is 2. The molecule has 0 fully saturated rings. The van der Waals surface area contributed by atoms with E-state index in [9.17, 15) is 13.4 Å². The normalized spacial score (nSPS) is 11.9. The van der Waals surface area contributed by atoms with Gasteiger partial charge in [0.2, 0.25) is 5.78 Å². The predicted molar refractivity (Wildman–Crippen MR) is 102 cm³/mol. The van der Waals surface area contributed by atoms with Gasteiger partial charge in [0.15, 0.2) is 11.0 Å². The molecule has 130 valence electrons. The van der Waals surface area contributed by atoms with E-state index in [2.05, 4.69) is 22.5 Å². The van der Waals surface area contributed by atoms with Gasteiger partial charge in [0.1, 0.15) is 17.6 Å². The molecule has 0 bridgehead atoms. The number of halogens is 2. The number of Topliss-reactive ketones (excluding diaryl/α,β-unsaturated/α-hetero) is 1. The van der Waals surface area contributed by atoms with Crippen LogP contribution in [-0.4, -0.2) is 14.0 Å². The van der Waals surface area contributed by atoms with Crippen LogP contribution in [0.4, 0.5) is 4.39 Å². The van der Waals surface area contributed by atoms with E-state index < -0.39 is 22.6 Å². The van der Waals surface area contributed by atoms with Crippen molar-refractivity contribution in [3.63, 3.8) is 0 Å². The smallest absolute Gasteiger partial charge is 0.220 e. The molecule has 2 aromatic carbocycles. The summed E-state index contributed by atoms with van der Waals surface area (Å²) in [6.07, 6.45) is 0. The minimum atomic E-state index is -1.81. The zero-order chi connectivity index (χ0) is 19.0. The minimum Gasteiger partial charge on any atom is -0.286 e. The van der Waals surface area contributed by atoms with Crippen molar-refractivity contribution in [3.05, 3.63) is 76.2 Å². The fourth-order valence-electron chi connectivity index (χ4n) is 2.51. The monoisotopic (exact) mass is 430 g/mol. The molecule has 1 atom stereocenters. The van der Waals surface area contributed by atoms with Crippen LogP contribution < -0.4 is 0 Å². The van der Waals surface area contributed by atoms with Gasteiger partial charge in [-0.15, -0.1) is 0 Å². The number of aromatic nitrogens is 1. The van der Waals surface area contributed by atoms with E-state index >= 15 is 0 Å². The van der Waals surface area contributed by atoms with E-state index in [4.69, 9.17) is 5.26 Å². The predicted octanol–water partition coefficient (Wildman–Crippen LogP) is 4.68. The van der Waals surface area contributed by atoms with E-state index in [1.165, 1.54) is 16.1 Å². The Kier molecular flexibility index (Phi) is 4.90. The van der Waals surface area contributed by atoms with Crippen LogP contribution in [0.3, 0.4) is 0 Å². The molecule has 0 aliphatic rings. The van der Waals surface area contributed by atoms with E-state index in [1.807, 2.05) is 6.92 Å². The molecule has 4 nitrogen and oxygen atoms in total. The summed E-state index contributed by atoms with van der Waals surface area (Å²) in [5, 5.41) is 9.12. The van der Waals surface area contributed by atoms with Crippen LogP contribution in [-0.2, 0) is 11.0 Å². The Hall–Kier alpha value is -2.56. The number of aryl methyl sites for hydroxylation is 1. The summed E-state index contributed by atoms with van der Waals surface area (Å²) in [7, 11) is -1.81. The zero-order valence-corrected chi connectivity index (χ0v) is 16.0. The molecule has 7 heteroatoms. The van der Waals surface area contributed by atoms with Gasteiger partial charge in [-0.25, -0.2) is 8.60 Å². The number of hydrogen-bond acceptors (Lipinski definition) is 3. The van der Waals surface area contributed by atoms with E-state index in [1.54, 1.807) is 36.4 Å². The first-order valence-electron chi connectivity index (χ1n) is 7.46. The zero-order valence-electron chi connectivity index (χ0n) is 13.6. The van der Waals surface area contributed by atoms with Crippen molar-refractivity contribution in [1.82, 2.24) is 3.97 Å². The molecule has 3 rings (SSSR count). The average Bonchev–Trinajstić information content (AvgIpc) is 3.00. The fraction of sp³-hybridized carbons (Fsp3) is 0.0526. The van der Waals surface area contributed by atoms with Gasteiger partial charge in [-0.3, -0.25) is 8.77 Å².